The van der Waals surface area contributed by atoms with Gasteiger partial charge in [-0.3, -0.25) is 28.4 Å². The molecule has 2 aromatic carbocycles. The van der Waals surface area contributed by atoms with E-state index in [0.29, 0.717) is 30.9 Å². The summed E-state index contributed by atoms with van der Waals surface area (Å²) in [6, 6.07) is 15.7. The molecule has 22 nitrogen and oxygen atoms in total. The van der Waals surface area contributed by atoms with E-state index in [2.05, 4.69) is 39.4 Å². The van der Waals surface area contributed by atoms with Crippen molar-refractivity contribution in [1.82, 2.24) is 30.6 Å². The van der Waals surface area contributed by atoms with Crippen molar-refractivity contribution in [2.75, 3.05) is 92.9 Å². The number of carbonyl (C=O) groups is 4. The Hall–Kier alpha value is -5.87. The molecular formula is C71H113N6O16P. The van der Waals surface area contributed by atoms with Crippen LogP contribution in [0.4, 0.5) is 4.79 Å². The van der Waals surface area contributed by atoms with Crippen LogP contribution in [0.15, 0.2) is 60.9 Å². The van der Waals surface area contributed by atoms with Gasteiger partial charge in [0.15, 0.2) is 6.10 Å². The molecule has 2 aromatic heterocycles. The summed E-state index contributed by atoms with van der Waals surface area (Å²) in [7, 11) is -3.16. The largest absolute Gasteiger partial charge is 0.480 e. The van der Waals surface area contributed by atoms with Crippen molar-refractivity contribution in [1.29, 1.82) is 0 Å². The fourth-order valence-corrected chi connectivity index (χ4v) is 11.1. The molecule has 2 amide bonds. The van der Waals surface area contributed by atoms with Crippen molar-refractivity contribution in [2.24, 2.45) is 0 Å². The molecule has 0 radical (unpaired) electrons. The number of methoxy groups -OCH3 is 1. The number of hydrogen-bond acceptors (Lipinski definition) is 19. The van der Waals surface area contributed by atoms with Gasteiger partial charge in [0.25, 0.3) is 0 Å². The molecule has 0 fully saturated rings. The molecule has 528 valence electrons. The molecule has 2 unspecified atom stereocenters. The summed E-state index contributed by atoms with van der Waals surface area (Å²) in [6.07, 6.45) is 38.0. The molecule has 94 heavy (non-hydrogen) atoms. The average Bonchev–Trinajstić information content (AvgIpc) is 0.862. The van der Waals surface area contributed by atoms with Gasteiger partial charge in [-0.05, 0) is 30.5 Å². The zero-order valence-corrected chi connectivity index (χ0v) is 57.9. The molecule has 0 spiro atoms. The number of benzene rings is 2. The van der Waals surface area contributed by atoms with Crippen LogP contribution in [0, 0.1) is 0 Å². The predicted molar refractivity (Wildman–Crippen MR) is 365 cm³/mol. The van der Waals surface area contributed by atoms with Gasteiger partial charge < -0.3 is 53.4 Å². The normalized spacial score (nSPS) is 12.3. The molecule has 0 aliphatic carbocycles. The minimum atomic E-state index is -4.69. The summed E-state index contributed by atoms with van der Waals surface area (Å²) < 4.78 is 66.7. The second-order valence-corrected chi connectivity index (χ2v) is 25.2. The predicted octanol–water partition coefficient (Wildman–Crippen LogP) is 15.1. The second-order valence-electron chi connectivity index (χ2n) is 23.7. The van der Waals surface area contributed by atoms with Gasteiger partial charge in [0.05, 0.1) is 81.8 Å². The van der Waals surface area contributed by atoms with Gasteiger partial charge in [-0.1, -0.05) is 230 Å². The summed E-state index contributed by atoms with van der Waals surface area (Å²) in [5.41, 5.74) is 4.92. The van der Waals surface area contributed by atoms with E-state index in [1.165, 1.54) is 148 Å². The first kappa shape index (κ1) is 80.6. The molecule has 23 heteroatoms. The number of para-hydroxylation sites is 2. The molecule has 2 heterocycles. The van der Waals surface area contributed by atoms with Gasteiger partial charge in [-0.2, -0.15) is 4.98 Å². The van der Waals surface area contributed by atoms with Crippen LogP contribution >= 0.6 is 7.82 Å². The molecule has 3 N–H and O–H groups in total. The number of nitrogens with one attached hydrogen (secondary N) is 2. The van der Waals surface area contributed by atoms with Crippen molar-refractivity contribution >= 4 is 42.8 Å². The lowest BCUT2D eigenvalue weighted by Gasteiger charge is -2.20. The lowest BCUT2D eigenvalue weighted by molar-refractivity contribution is -0.161. The number of hydrogen-bond donors (Lipinski definition) is 3. The third kappa shape index (κ3) is 39.9. The van der Waals surface area contributed by atoms with Crippen LogP contribution in [-0.2, 0) is 56.4 Å². The molecule has 4 aromatic rings. The van der Waals surface area contributed by atoms with E-state index in [9.17, 15) is 28.6 Å². The summed E-state index contributed by atoms with van der Waals surface area (Å²) in [4.78, 5) is 78.5. The van der Waals surface area contributed by atoms with Crippen molar-refractivity contribution < 1.29 is 75.6 Å². The minimum Gasteiger partial charge on any atom is -0.480 e. The number of ether oxygens (including phenoxy) is 8. The number of phosphoric ester groups is 1. The van der Waals surface area contributed by atoms with Crippen LogP contribution in [-0.4, -0.2) is 148 Å². The van der Waals surface area contributed by atoms with Gasteiger partial charge in [0.1, 0.15) is 26.4 Å². The number of aromatic nitrogens is 4. The van der Waals surface area contributed by atoms with E-state index in [1.54, 1.807) is 12.4 Å². The van der Waals surface area contributed by atoms with Crippen molar-refractivity contribution in [3.8, 4) is 34.3 Å². The maximum absolute atomic E-state index is 12.9. The number of amides is 2. The number of fused-ring (bicyclic) bond motifs is 1. The number of nitrogens with zero attached hydrogens (tertiary/aromatic N) is 4. The molecule has 0 aliphatic rings. The van der Waals surface area contributed by atoms with Crippen molar-refractivity contribution in [2.45, 2.75) is 225 Å². The van der Waals surface area contributed by atoms with E-state index in [-0.39, 0.29) is 84.8 Å². The minimum absolute atomic E-state index is 0.0710. The lowest BCUT2D eigenvalue weighted by Crippen LogP contribution is -2.32. The van der Waals surface area contributed by atoms with Gasteiger partial charge in [-0.15, -0.1) is 0 Å². The molecule has 4 rings (SSSR count). The highest BCUT2D eigenvalue weighted by atomic mass is 31.2. The van der Waals surface area contributed by atoms with E-state index in [1.807, 2.05) is 48.5 Å². The second kappa shape index (κ2) is 53.3. The first-order valence-electron chi connectivity index (χ1n) is 35.2. The quantitative estimate of drug-likeness (QED) is 0.0160. The first-order chi connectivity index (χ1) is 46.0. The Kier molecular flexibility index (Phi) is 45.7. The van der Waals surface area contributed by atoms with Gasteiger partial charge in [-0.25, -0.2) is 19.3 Å². The molecule has 0 aliphatic heterocycles. The van der Waals surface area contributed by atoms with Gasteiger partial charge >= 0.3 is 31.9 Å². The number of carbonyl (C=O) groups excluding carboxylic acids is 4. The maximum Gasteiger partial charge on any atom is 0.472 e. The molecule has 0 saturated heterocycles. The summed E-state index contributed by atoms with van der Waals surface area (Å²) >= 11 is 0. The molecule has 0 bridgehead atoms. The molecule has 0 saturated carbocycles. The summed E-state index contributed by atoms with van der Waals surface area (Å²) in [5, 5.41) is 5.06. The van der Waals surface area contributed by atoms with Crippen LogP contribution in [0.5, 0.6) is 11.9 Å². The van der Waals surface area contributed by atoms with E-state index >= 15 is 0 Å². The van der Waals surface area contributed by atoms with Crippen LogP contribution in [0.3, 0.4) is 0 Å². The van der Waals surface area contributed by atoms with E-state index in [4.69, 9.17) is 51.9 Å². The fraction of sp³-hybridized carbons (Fsp3) is 0.690. The third-order valence-electron chi connectivity index (χ3n) is 15.7. The monoisotopic (exact) mass is 1340 g/mol. The third-order valence-corrected chi connectivity index (χ3v) is 16.7. The number of esters is 2. The number of unbranched alkanes of at least 4 members (excludes halogenated alkanes) is 28. The van der Waals surface area contributed by atoms with Crippen LogP contribution < -0.4 is 20.1 Å². The smallest absolute Gasteiger partial charge is 0.472 e. The highest BCUT2D eigenvalue weighted by molar-refractivity contribution is 7.47. The number of alkyl carbamates (subject to hydrolysis) is 1. The maximum atomic E-state index is 12.9. The Bertz CT molecular complexity index is 2680. The highest BCUT2D eigenvalue weighted by Crippen LogP contribution is 2.43. The summed E-state index contributed by atoms with van der Waals surface area (Å²) in [6.45, 7) is 3.95. The average molecular weight is 1340 g/mol. The fourth-order valence-electron chi connectivity index (χ4n) is 10.4. The Labute approximate surface area is 560 Å². The van der Waals surface area contributed by atoms with Gasteiger partial charge in [0.2, 0.25) is 11.8 Å². The highest BCUT2D eigenvalue weighted by Gasteiger charge is 2.26. The SMILES string of the molecule is CCCCCCCCCCCCCCCCCC(=O)OCC(COP(=O)(O)OCCNC(=O)OCCOCC(=O)NCCOCCOCCOc1ncc(-c2ccc(-c3cnc4ccccc4n3)cc2)c(OC)n1)OC(=O)CCCCCCCCCCCCCCCCC. The van der Waals surface area contributed by atoms with Crippen molar-refractivity contribution in [3.63, 3.8) is 0 Å². The zero-order valence-electron chi connectivity index (χ0n) is 57.0. The number of rotatable bonds is 60. The Balaban J connectivity index is 0.997. The Morgan fingerprint density at radius 1 is 0.500 bits per heavy atom. The van der Waals surface area contributed by atoms with Crippen molar-refractivity contribution in [3.05, 3.63) is 60.9 Å². The number of phosphoric acid groups is 1. The van der Waals surface area contributed by atoms with Crippen LogP contribution in [0.1, 0.15) is 219 Å². The first-order valence-corrected chi connectivity index (χ1v) is 36.7. The molecule has 2 atom stereocenters. The Morgan fingerprint density at radius 3 is 1.60 bits per heavy atom. The van der Waals surface area contributed by atoms with E-state index in [0.717, 1.165) is 66.4 Å². The zero-order chi connectivity index (χ0) is 67.2. The van der Waals surface area contributed by atoms with E-state index < -0.39 is 51.1 Å². The van der Waals surface area contributed by atoms with Crippen LogP contribution in [0.25, 0.3) is 33.4 Å². The van der Waals surface area contributed by atoms with Crippen LogP contribution in [0.2, 0.25) is 0 Å². The molecular weight excluding hydrogens is 1220 g/mol. The topological polar surface area (TPSA) is 273 Å². The summed E-state index contributed by atoms with van der Waals surface area (Å²) in [5.74, 6) is -0.988. The Morgan fingerprint density at radius 2 is 1.01 bits per heavy atom. The lowest BCUT2D eigenvalue weighted by atomic mass is 10.0. The van der Waals surface area contributed by atoms with Gasteiger partial charge in [0, 0.05) is 37.7 Å². The standard InChI is InChI=1S/C71H113N6O16P/c1-4-6-8-10-12-14-16-18-20-22-24-26-28-30-32-38-67(79)90-56-61(93-68(80)39-33-31-29-27-25-23-21-19-17-15-13-11-9-7-5-2)57-92-94(82,83)91-47-45-73-71(81)89-53-51-87-58-66(78)72-44-46-85-48-49-86-50-52-88-70-75-54-62(69(77-70)84-3)59-40-42-60(43-41-59)65-55-74-63-36-34-35-37-64(63)76-65/h34-37,40-43,54-55,61H,4-33,38-39,44-53,56-58H2,1-3H3,(H,72,78)(H,73,81)(H,82,83).